The summed E-state index contributed by atoms with van der Waals surface area (Å²) in [6, 6.07) is 25.9. The van der Waals surface area contributed by atoms with Crippen LogP contribution in [0.4, 0.5) is 0 Å². The van der Waals surface area contributed by atoms with E-state index in [0.717, 1.165) is 42.4 Å². The van der Waals surface area contributed by atoms with E-state index in [1.807, 2.05) is 72.8 Å². The van der Waals surface area contributed by atoms with Crippen molar-refractivity contribution in [3.8, 4) is 5.75 Å². The van der Waals surface area contributed by atoms with Crippen LogP contribution in [0.3, 0.4) is 0 Å². The molecule has 182 valence electrons. The van der Waals surface area contributed by atoms with E-state index in [4.69, 9.17) is 9.26 Å². The lowest BCUT2D eigenvalue weighted by molar-refractivity contribution is -0.142. The lowest BCUT2D eigenvalue weighted by atomic mass is 9.91. The van der Waals surface area contributed by atoms with Gasteiger partial charge >= 0.3 is 5.97 Å². The third-order valence-electron chi connectivity index (χ3n) is 6.46. The summed E-state index contributed by atoms with van der Waals surface area (Å²) in [4.78, 5) is 16.5. The first-order valence-corrected chi connectivity index (χ1v) is 12.3. The molecule has 1 N–H and O–H groups in total. The molecule has 0 saturated carbocycles. The number of aryl methyl sites for hydroxylation is 1. The van der Waals surface area contributed by atoms with E-state index < -0.39 is 12.1 Å². The molecule has 0 radical (unpaired) electrons. The van der Waals surface area contributed by atoms with E-state index in [9.17, 15) is 9.90 Å². The van der Waals surface area contributed by atoms with Gasteiger partial charge in [-0.25, -0.2) is 4.79 Å². The first-order valence-electron chi connectivity index (χ1n) is 12.3. The molecule has 3 aromatic carbocycles. The zero-order chi connectivity index (χ0) is 24.7. The molecule has 6 heteroatoms. The van der Waals surface area contributed by atoms with Gasteiger partial charge in [-0.05, 0) is 60.1 Å². The Balaban J connectivity index is 1.31. The van der Waals surface area contributed by atoms with Crippen LogP contribution in [0.25, 0.3) is 0 Å². The Hall–Kier alpha value is -4.19. The maximum Gasteiger partial charge on any atom is 0.349 e. The van der Waals surface area contributed by atoms with Crippen molar-refractivity contribution in [3.63, 3.8) is 0 Å². The molecule has 0 spiro atoms. The Morgan fingerprint density at radius 1 is 0.944 bits per heavy atom. The number of ether oxygens (including phenoxy) is 1. The number of nitrogens with zero attached hydrogens (tertiary/aromatic N) is 2. The molecule has 0 fully saturated rings. The van der Waals surface area contributed by atoms with Crippen LogP contribution in [0, 0.1) is 0 Å². The van der Waals surface area contributed by atoms with E-state index in [0.29, 0.717) is 23.9 Å². The molecule has 4 aromatic rings. The van der Waals surface area contributed by atoms with Crippen LogP contribution in [-0.4, -0.2) is 27.3 Å². The highest BCUT2D eigenvalue weighted by atomic mass is 16.5. The number of carboxylic acid groups (broad SMARTS) is 1. The number of hydrogen-bond donors (Lipinski definition) is 1. The van der Waals surface area contributed by atoms with E-state index in [1.54, 1.807) is 12.2 Å². The van der Waals surface area contributed by atoms with E-state index in [2.05, 4.69) is 16.2 Å². The van der Waals surface area contributed by atoms with Crippen molar-refractivity contribution in [2.45, 2.75) is 44.1 Å². The van der Waals surface area contributed by atoms with Crippen LogP contribution in [0.15, 0.2) is 95.5 Å². The normalized spacial score (nSPS) is 14.0. The summed E-state index contributed by atoms with van der Waals surface area (Å²) >= 11 is 0. The highest BCUT2D eigenvalue weighted by Crippen LogP contribution is 2.31. The summed E-state index contributed by atoms with van der Waals surface area (Å²) in [6.45, 7) is 0. The molecular weight excluding hydrogens is 452 g/mol. The molecule has 0 aliphatic heterocycles. The zero-order valence-electron chi connectivity index (χ0n) is 19.9. The first-order chi connectivity index (χ1) is 17.7. The van der Waals surface area contributed by atoms with Gasteiger partial charge in [-0.1, -0.05) is 84.0 Å². The van der Waals surface area contributed by atoms with E-state index >= 15 is 0 Å². The smallest absolute Gasteiger partial charge is 0.349 e. The van der Waals surface area contributed by atoms with Gasteiger partial charge in [-0.3, -0.25) is 0 Å². The van der Waals surface area contributed by atoms with Crippen LogP contribution < -0.4 is 4.74 Å². The van der Waals surface area contributed by atoms with Crippen molar-refractivity contribution in [1.82, 2.24) is 10.1 Å². The van der Waals surface area contributed by atoms with Gasteiger partial charge in [0, 0.05) is 6.42 Å². The molecule has 1 heterocycles. The van der Waals surface area contributed by atoms with E-state index in [1.165, 1.54) is 5.56 Å². The Morgan fingerprint density at radius 2 is 1.64 bits per heavy atom. The SMILES string of the molecule is O=C(O)C(C=CCc1noc(C(c2ccccc2)c2ccccc2)n1)Oc1cccc2c1CCCC2. The lowest BCUT2D eigenvalue weighted by Gasteiger charge is -2.21. The molecule has 0 bridgehead atoms. The number of aliphatic carboxylic acids is 1. The van der Waals surface area contributed by atoms with Crippen LogP contribution in [0.2, 0.25) is 0 Å². The molecule has 36 heavy (non-hydrogen) atoms. The maximum atomic E-state index is 11.9. The number of carboxylic acids is 1. The molecule has 0 saturated heterocycles. The summed E-state index contributed by atoms with van der Waals surface area (Å²) in [6.07, 6.45) is 6.68. The second-order valence-electron chi connectivity index (χ2n) is 8.91. The van der Waals surface area contributed by atoms with Crippen LogP contribution in [0.1, 0.15) is 52.7 Å². The average molecular weight is 481 g/mol. The van der Waals surface area contributed by atoms with Gasteiger partial charge in [0.15, 0.2) is 5.82 Å². The van der Waals surface area contributed by atoms with Crippen molar-refractivity contribution in [3.05, 3.63) is 125 Å². The van der Waals surface area contributed by atoms with Crippen molar-refractivity contribution >= 4 is 5.97 Å². The zero-order valence-corrected chi connectivity index (χ0v) is 19.9. The van der Waals surface area contributed by atoms with Crippen LogP contribution >= 0.6 is 0 Å². The summed E-state index contributed by atoms with van der Waals surface area (Å²) in [5.74, 6) is 0.412. The first kappa shape index (κ1) is 23.5. The summed E-state index contributed by atoms with van der Waals surface area (Å²) in [7, 11) is 0. The Labute approximate surface area is 210 Å². The Kier molecular flexibility index (Phi) is 7.22. The number of allylic oxidation sites excluding steroid dienone is 1. The Morgan fingerprint density at radius 3 is 2.33 bits per heavy atom. The average Bonchev–Trinajstić information content (AvgIpc) is 3.38. The third-order valence-corrected chi connectivity index (χ3v) is 6.46. The maximum absolute atomic E-state index is 11.9. The van der Waals surface area contributed by atoms with Gasteiger partial charge in [0.2, 0.25) is 12.0 Å². The minimum Gasteiger partial charge on any atom is -0.478 e. The lowest BCUT2D eigenvalue weighted by Crippen LogP contribution is -2.25. The predicted molar refractivity (Wildman–Crippen MR) is 136 cm³/mol. The molecule has 1 unspecified atom stereocenters. The van der Waals surface area contributed by atoms with Crippen LogP contribution in [0.5, 0.6) is 5.75 Å². The summed E-state index contributed by atoms with van der Waals surface area (Å²) < 4.78 is 11.6. The number of hydrogen-bond acceptors (Lipinski definition) is 5. The van der Waals surface area contributed by atoms with Gasteiger partial charge in [-0.2, -0.15) is 4.98 Å². The highest BCUT2D eigenvalue weighted by Gasteiger charge is 2.23. The van der Waals surface area contributed by atoms with Crippen molar-refractivity contribution < 1.29 is 19.2 Å². The molecule has 1 atom stereocenters. The quantitative estimate of drug-likeness (QED) is 0.307. The molecular formula is C30H28N2O4. The van der Waals surface area contributed by atoms with Gasteiger partial charge < -0.3 is 14.4 Å². The second-order valence-corrected chi connectivity index (χ2v) is 8.91. The van der Waals surface area contributed by atoms with Crippen molar-refractivity contribution in [2.24, 2.45) is 0 Å². The number of benzene rings is 3. The van der Waals surface area contributed by atoms with Gasteiger partial charge in [-0.15, -0.1) is 0 Å². The number of carbonyl (C=O) groups is 1. The largest absolute Gasteiger partial charge is 0.478 e. The second kappa shape index (κ2) is 11.0. The van der Waals surface area contributed by atoms with Crippen molar-refractivity contribution in [1.29, 1.82) is 0 Å². The number of aromatic nitrogens is 2. The summed E-state index contributed by atoms with van der Waals surface area (Å²) in [5.41, 5.74) is 4.48. The molecule has 1 aliphatic carbocycles. The molecule has 5 rings (SSSR count). The van der Waals surface area contributed by atoms with Crippen LogP contribution in [-0.2, 0) is 24.1 Å². The minimum atomic E-state index is -1.09. The standard InChI is InChI=1S/C30H28N2O4/c33-30(34)26(35-25-18-9-16-21-11-7-8-17-24(21)25)19-10-20-27-31-29(36-32-27)28(22-12-3-1-4-13-22)23-14-5-2-6-15-23/h1-6,9-10,12-16,18-19,26,28H,7-8,11,17,20H2,(H,33,34). The molecule has 0 amide bonds. The summed E-state index contributed by atoms with van der Waals surface area (Å²) in [5, 5.41) is 13.9. The fraction of sp³-hybridized carbons (Fsp3) is 0.233. The van der Waals surface area contributed by atoms with Gasteiger partial charge in [0.1, 0.15) is 5.75 Å². The Bertz CT molecular complexity index is 1290. The van der Waals surface area contributed by atoms with Crippen molar-refractivity contribution in [2.75, 3.05) is 0 Å². The van der Waals surface area contributed by atoms with E-state index in [-0.39, 0.29) is 5.92 Å². The topological polar surface area (TPSA) is 85.5 Å². The molecule has 6 nitrogen and oxygen atoms in total. The highest BCUT2D eigenvalue weighted by molar-refractivity contribution is 5.75. The fourth-order valence-corrected chi connectivity index (χ4v) is 4.70. The van der Waals surface area contributed by atoms with Gasteiger partial charge in [0.25, 0.3) is 0 Å². The predicted octanol–water partition coefficient (Wildman–Crippen LogP) is 5.76. The number of fused-ring (bicyclic) bond motifs is 1. The fourth-order valence-electron chi connectivity index (χ4n) is 4.70. The minimum absolute atomic E-state index is 0.183. The molecule has 1 aromatic heterocycles. The number of rotatable bonds is 9. The monoisotopic (exact) mass is 480 g/mol. The van der Waals surface area contributed by atoms with Gasteiger partial charge in [0.05, 0.1) is 5.92 Å². The molecule has 1 aliphatic rings. The third kappa shape index (κ3) is 5.38.